The standard InChI is InChI=1S/C19H21N3O/c1-21-18-16(15-7-3-2-4-8-15)9-10-17(18)22(19(21)23)13-14-6-5-11-20-12-14/h2-8,11-12,16-18H,9-10,13H2,1H3/t16-,17-,18+/m0/s1. The summed E-state index contributed by atoms with van der Waals surface area (Å²) in [6.07, 6.45) is 5.83. The molecule has 1 aliphatic carbocycles. The highest BCUT2D eigenvalue weighted by Crippen LogP contribution is 2.44. The Labute approximate surface area is 136 Å². The zero-order valence-electron chi connectivity index (χ0n) is 13.3. The van der Waals surface area contributed by atoms with E-state index in [9.17, 15) is 4.79 Å². The van der Waals surface area contributed by atoms with Crippen LogP contribution in [0.5, 0.6) is 0 Å². The molecule has 2 aliphatic rings. The number of rotatable bonds is 3. The first-order valence-corrected chi connectivity index (χ1v) is 8.23. The van der Waals surface area contributed by atoms with E-state index in [1.54, 1.807) is 6.20 Å². The van der Waals surface area contributed by atoms with E-state index in [4.69, 9.17) is 0 Å². The maximum absolute atomic E-state index is 12.7. The SMILES string of the molecule is CN1C(=O)N(Cc2cccnc2)[C@H]2CC[C@@H](c3ccccc3)[C@H]21. The molecule has 4 nitrogen and oxygen atoms in total. The van der Waals surface area contributed by atoms with Gasteiger partial charge in [-0.25, -0.2) is 4.79 Å². The van der Waals surface area contributed by atoms with Gasteiger partial charge in [-0.1, -0.05) is 36.4 Å². The largest absolute Gasteiger partial charge is 0.322 e. The molecule has 1 aromatic heterocycles. The summed E-state index contributed by atoms with van der Waals surface area (Å²) >= 11 is 0. The van der Waals surface area contributed by atoms with Crippen molar-refractivity contribution >= 4 is 6.03 Å². The minimum absolute atomic E-state index is 0.143. The minimum Gasteiger partial charge on any atom is -0.322 e. The molecule has 0 bridgehead atoms. The molecule has 2 aromatic rings. The Kier molecular flexibility index (Phi) is 3.52. The highest BCUT2D eigenvalue weighted by molar-refractivity contribution is 5.78. The van der Waals surface area contributed by atoms with E-state index in [1.807, 2.05) is 41.2 Å². The van der Waals surface area contributed by atoms with Crippen molar-refractivity contribution in [2.75, 3.05) is 7.05 Å². The predicted molar refractivity (Wildman–Crippen MR) is 88.9 cm³/mol. The molecule has 0 unspecified atom stereocenters. The van der Waals surface area contributed by atoms with Crippen LogP contribution in [0, 0.1) is 0 Å². The van der Waals surface area contributed by atoms with Crippen LogP contribution < -0.4 is 0 Å². The smallest absolute Gasteiger partial charge is 0.320 e. The summed E-state index contributed by atoms with van der Waals surface area (Å²) in [7, 11) is 1.95. The van der Waals surface area contributed by atoms with E-state index in [0.717, 1.165) is 18.4 Å². The molecule has 118 valence electrons. The second-order valence-corrected chi connectivity index (χ2v) is 6.54. The first kappa shape index (κ1) is 14.2. The molecular weight excluding hydrogens is 286 g/mol. The number of pyridine rings is 1. The molecule has 1 saturated heterocycles. The predicted octanol–water partition coefficient (Wildman–Crippen LogP) is 3.26. The Morgan fingerprint density at radius 1 is 1.13 bits per heavy atom. The van der Waals surface area contributed by atoms with E-state index >= 15 is 0 Å². The third-order valence-electron chi connectivity index (χ3n) is 5.28. The van der Waals surface area contributed by atoms with E-state index in [2.05, 4.69) is 29.2 Å². The Balaban J connectivity index is 1.60. The lowest BCUT2D eigenvalue weighted by Crippen LogP contribution is -2.34. The topological polar surface area (TPSA) is 36.4 Å². The van der Waals surface area contributed by atoms with Crippen LogP contribution in [0.15, 0.2) is 54.9 Å². The molecule has 3 atom stereocenters. The fourth-order valence-electron chi connectivity index (χ4n) is 4.24. The van der Waals surface area contributed by atoms with Crippen molar-refractivity contribution < 1.29 is 4.79 Å². The average Bonchev–Trinajstić information content (AvgIpc) is 3.13. The second-order valence-electron chi connectivity index (χ2n) is 6.54. The van der Waals surface area contributed by atoms with Crippen LogP contribution in [0.3, 0.4) is 0 Å². The average molecular weight is 307 g/mol. The first-order chi connectivity index (χ1) is 11.3. The monoisotopic (exact) mass is 307 g/mol. The Bertz CT molecular complexity index is 688. The van der Waals surface area contributed by atoms with Gasteiger partial charge in [-0.15, -0.1) is 0 Å². The van der Waals surface area contributed by atoms with Crippen LogP contribution in [-0.4, -0.2) is 39.9 Å². The molecular formula is C19H21N3O. The van der Waals surface area contributed by atoms with Gasteiger partial charge < -0.3 is 9.80 Å². The number of amides is 2. The molecule has 2 heterocycles. The van der Waals surface area contributed by atoms with Crippen LogP contribution >= 0.6 is 0 Å². The van der Waals surface area contributed by atoms with Gasteiger partial charge in [0.25, 0.3) is 0 Å². The van der Waals surface area contributed by atoms with Gasteiger partial charge in [0, 0.05) is 31.9 Å². The summed E-state index contributed by atoms with van der Waals surface area (Å²) in [5.41, 5.74) is 2.45. The maximum Gasteiger partial charge on any atom is 0.320 e. The molecule has 0 spiro atoms. The normalized spacial score (nSPS) is 26.7. The van der Waals surface area contributed by atoms with Crippen molar-refractivity contribution in [1.82, 2.24) is 14.8 Å². The van der Waals surface area contributed by atoms with Gasteiger partial charge >= 0.3 is 6.03 Å². The summed E-state index contributed by atoms with van der Waals surface area (Å²) < 4.78 is 0. The van der Waals surface area contributed by atoms with Crippen molar-refractivity contribution in [2.45, 2.75) is 37.4 Å². The molecule has 1 aliphatic heterocycles. The van der Waals surface area contributed by atoms with Gasteiger partial charge in [0.15, 0.2) is 0 Å². The summed E-state index contributed by atoms with van der Waals surface area (Å²) in [6.45, 7) is 0.652. The minimum atomic E-state index is 0.143. The lowest BCUT2D eigenvalue weighted by Gasteiger charge is -2.24. The van der Waals surface area contributed by atoms with Crippen LogP contribution in [0.4, 0.5) is 4.79 Å². The van der Waals surface area contributed by atoms with Crippen LogP contribution in [-0.2, 0) is 6.54 Å². The quantitative estimate of drug-likeness (QED) is 0.872. The fraction of sp³-hybridized carbons (Fsp3) is 0.368. The highest BCUT2D eigenvalue weighted by Gasteiger charge is 2.51. The van der Waals surface area contributed by atoms with Crippen LogP contribution in [0.2, 0.25) is 0 Å². The van der Waals surface area contributed by atoms with Crippen molar-refractivity contribution in [3.8, 4) is 0 Å². The lowest BCUT2D eigenvalue weighted by molar-refractivity contribution is 0.184. The fourth-order valence-corrected chi connectivity index (χ4v) is 4.24. The number of urea groups is 1. The third-order valence-corrected chi connectivity index (χ3v) is 5.28. The van der Waals surface area contributed by atoms with Gasteiger partial charge in [-0.3, -0.25) is 4.98 Å². The number of aromatic nitrogens is 1. The number of carbonyl (C=O) groups is 1. The van der Waals surface area contributed by atoms with Crippen molar-refractivity contribution in [3.05, 3.63) is 66.0 Å². The molecule has 0 N–H and O–H groups in total. The number of fused-ring (bicyclic) bond motifs is 1. The van der Waals surface area contributed by atoms with E-state index in [1.165, 1.54) is 5.56 Å². The zero-order chi connectivity index (χ0) is 15.8. The molecule has 4 heteroatoms. The van der Waals surface area contributed by atoms with Crippen molar-refractivity contribution in [2.24, 2.45) is 0 Å². The first-order valence-electron chi connectivity index (χ1n) is 8.23. The summed E-state index contributed by atoms with van der Waals surface area (Å²) in [5, 5.41) is 0. The Morgan fingerprint density at radius 2 is 1.96 bits per heavy atom. The summed E-state index contributed by atoms with van der Waals surface area (Å²) in [5.74, 6) is 0.439. The molecule has 2 amide bonds. The molecule has 0 radical (unpaired) electrons. The van der Waals surface area contributed by atoms with Gasteiger partial charge in [-0.05, 0) is 30.0 Å². The van der Waals surface area contributed by atoms with Crippen molar-refractivity contribution in [3.63, 3.8) is 0 Å². The number of hydrogen-bond acceptors (Lipinski definition) is 2. The number of likely N-dealkylation sites (N-methyl/N-ethyl adjacent to an activating group) is 1. The van der Waals surface area contributed by atoms with E-state index in [-0.39, 0.29) is 12.1 Å². The van der Waals surface area contributed by atoms with Crippen molar-refractivity contribution in [1.29, 1.82) is 0 Å². The number of benzene rings is 1. The van der Waals surface area contributed by atoms with Crippen LogP contribution in [0.25, 0.3) is 0 Å². The molecule has 1 aromatic carbocycles. The van der Waals surface area contributed by atoms with Gasteiger partial charge in [0.2, 0.25) is 0 Å². The van der Waals surface area contributed by atoms with Gasteiger partial charge in [0.1, 0.15) is 0 Å². The highest BCUT2D eigenvalue weighted by atomic mass is 16.2. The molecule has 1 saturated carbocycles. The third kappa shape index (κ3) is 2.38. The summed E-state index contributed by atoms with van der Waals surface area (Å²) in [4.78, 5) is 20.9. The Hall–Kier alpha value is -2.36. The summed E-state index contributed by atoms with van der Waals surface area (Å²) in [6, 6.07) is 15.3. The molecule has 23 heavy (non-hydrogen) atoms. The van der Waals surface area contributed by atoms with Crippen LogP contribution in [0.1, 0.15) is 29.9 Å². The number of nitrogens with zero attached hydrogens (tertiary/aromatic N) is 3. The Morgan fingerprint density at radius 3 is 2.70 bits per heavy atom. The maximum atomic E-state index is 12.7. The second kappa shape index (κ2) is 5.69. The van der Waals surface area contributed by atoms with E-state index in [0.29, 0.717) is 18.5 Å². The zero-order valence-corrected chi connectivity index (χ0v) is 13.3. The van der Waals surface area contributed by atoms with Gasteiger partial charge in [-0.2, -0.15) is 0 Å². The van der Waals surface area contributed by atoms with E-state index < -0.39 is 0 Å². The lowest BCUT2D eigenvalue weighted by atomic mass is 9.93. The number of hydrogen-bond donors (Lipinski definition) is 0. The molecule has 2 fully saturated rings. The molecule has 4 rings (SSSR count). The van der Waals surface area contributed by atoms with Gasteiger partial charge in [0.05, 0.1) is 12.1 Å². The number of carbonyl (C=O) groups excluding carboxylic acids is 1.